The Morgan fingerprint density at radius 2 is 1.93 bits per heavy atom. The monoisotopic (exact) mass is 363 g/mol. The van der Waals surface area contributed by atoms with E-state index in [4.69, 9.17) is 10.9 Å². The SMILES string of the molecule is CN1CCCN(Cc2ccc(-c3ccc(/C(N)=N/O)cc3)c(C#N)c2)CC1. The molecule has 0 aliphatic carbocycles. The van der Waals surface area contributed by atoms with Crippen LogP contribution < -0.4 is 5.73 Å². The molecule has 1 heterocycles. The molecule has 140 valence electrons. The Balaban J connectivity index is 1.79. The summed E-state index contributed by atoms with van der Waals surface area (Å²) in [4.78, 5) is 4.81. The lowest BCUT2D eigenvalue weighted by atomic mass is 9.97. The molecule has 0 saturated carbocycles. The summed E-state index contributed by atoms with van der Waals surface area (Å²) >= 11 is 0. The fourth-order valence-corrected chi connectivity index (χ4v) is 3.43. The van der Waals surface area contributed by atoms with E-state index < -0.39 is 0 Å². The molecule has 6 heteroatoms. The van der Waals surface area contributed by atoms with E-state index in [-0.39, 0.29) is 5.84 Å². The van der Waals surface area contributed by atoms with Gasteiger partial charge in [-0.1, -0.05) is 41.6 Å². The zero-order valence-corrected chi connectivity index (χ0v) is 15.6. The first kappa shape index (κ1) is 18.9. The van der Waals surface area contributed by atoms with E-state index in [2.05, 4.69) is 34.1 Å². The molecular formula is C21H25N5O. The van der Waals surface area contributed by atoms with Gasteiger partial charge in [0.25, 0.3) is 0 Å². The molecule has 1 aliphatic rings. The van der Waals surface area contributed by atoms with E-state index in [0.717, 1.165) is 49.4 Å². The summed E-state index contributed by atoms with van der Waals surface area (Å²) < 4.78 is 0. The molecule has 2 aromatic carbocycles. The number of likely N-dealkylation sites (N-methyl/N-ethyl adjacent to an activating group) is 1. The van der Waals surface area contributed by atoms with Crippen LogP contribution in [0.5, 0.6) is 0 Å². The number of nitriles is 1. The quantitative estimate of drug-likeness (QED) is 0.377. The number of rotatable bonds is 4. The number of nitrogens with two attached hydrogens (primary N) is 1. The third-order valence-corrected chi connectivity index (χ3v) is 5.02. The minimum atomic E-state index is 0.0699. The zero-order valence-electron chi connectivity index (χ0n) is 15.6. The molecule has 1 fully saturated rings. The van der Waals surface area contributed by atoms with Gasteiger partial charge in [-0.15, -0.1) is 0 Å². The van der Waals surface area contributed by atoms with Gasteiger partial charge in [0.05, 0.1) is 11.6 Å². The van der Waals surface area contributed by atoms with Crippen molar-refractivity contribution in [2.75, 3.05) is 33.2 Å². The van der Waals surface area contributed by atoms with Crippen LogP contribution in [-0.2, 0) is 6.54 Å². The van der Waals surface area contributed by atoms with E-state index in [1.54, 1.807) is 12.1 Å². The highest BCUT2D eigenvalue weighted by Crippen LogP contribution is 2.25. The minimum absolute atomic E-state index is 0.0699. The third kappa shape index (κ3) is 4.64. The van der Waals surface area contributed by atoms with Crippen molar-refractivity contribution in [2.24, 2.45) is 10.9 Å². The first-order valence-corrected chi connectivity index (χ1v) is 9.13. The molecule has 0 spiro atoms. The Kier molecular flexibility index (Phi) is 6.07. The lowest BCUT2D eigenvalue weighted by molar-refractivity contribution is 0.269. The van der Waals surface area contributed by atoms with Crippen LogP contribution in [0.2, 0.25) is 0 Å². The number of amidine groups is 1. The average Bonchev–Trinajstić information content (AvgIpc) is 2.91. The van der Waals surface area contributed by atoms with Gasteiger partial charge >= 0.3 is 0 Å². The number of hydrogen-bond donors (Lipinski definition) is 2. The Bertz CT molecular complexity index is 854. The molecule has 6 nitrogen and oxygen atoms in total. The highest BCUT2D eigenvalue weighted by atomic mass is 16.4. The number of nitrogens with zero attached hydrogens (tertiary/aromatic N) is 4. The molecule has 0 bridgehead atoms. The van der Waals surface area contributed by atoms with Gasteiger partial charge in [0, 0.05) is 25.2 Å². The van der Waals surface area contributed by atoms with E-state index in [1.165, 1.54) is 6.42 Å². The van der Waals surface area contributed by atoms with Gasteiger partial charge < -0.3 is 15.8 Å². The van der Waals surface area contributed by atoms with Crippen LogP contribution >= 0.6 is 0 Å². The molecule has 27 heavy (non-hydrogen) atoms. The van der Waals surface area contributed by atoms with Gasteiger partial charge in [-0.05, 0) is 49.3 Å². The third-order valence-electron chi connectivity index (χ3n) is 5.02. The Labute approximate surface area is 160 Å². The van der Waals surface area contributed by atoms with E-state index >= 15 is 0 Å². The van der Waals surface area contributed by atoms with Gasteiger partial charge in [0.1, 0.15) is 0 Å². The van der Waals surface area contributed by atoms with Crippen molar-refractivity contribution in [3.05, 3.63) is 59.2 Å². The number of benzene rings is 2. The van der Waals surface area contributed by atoms with Crippen LogP contribution in [0.1, 0.15) is 23.1 Å². The fraction of sp³-hybridized carbons (Fsp3) is 0.333. The van der Waals surface area contributed by atoms with Crippen LogP contribution in [0, 0.1) is 11.3 Å². The first-order valence-electron chi connectivity index (χ1n) is 9.13. The Morgan fingerprint density at radius 3 is 2.63 bits per heavy atom. The smallest absolute Gasteiger partial charge is 0.170 e. The van der Waals surface area contributed by atoms with Gasteiger partial charge in [-0.25, -0.2) is 0 Å². The summed E-state index contributed by atoms with van der Waals surface area (Å²) in [6.45, 7) is 5.22. The van der Waals surface area contributed by atoms with Gasteiger partial charge in [-0.3, -0.25) is 4.90 Å². The molecule has 0 atom stereocenters. The second-order valence-corrected chi connectivity index (χ2v) is 6.99. The van der Waals surface area contributed by atoms with Crippen LogP contribution in [0.4, 0.5) is 0 Å². The van der Waals surface area contributed by atoms with Crippen molar-refractivity contribution in [1.82, 2.24) is 9.80 Å². The highest BCUT2D eigenvalue weighted by molar-refractivity contribution is 5.97. The summed E-state index contributed by atoms with van der Waals surface area (Å²) in [5, 5.41) is 21.4. The molecule has 0 aromatic heterocycles. The maximum atomic E-state index is 9.63. The van der Waals surface area contributed by atoms with Crippen LogP contribution in [0.25, 0.3) is 11.1 Å². The van der Waals surface area contributed by atoms with Crippen molar-refractivity contribution in [1.29, 1.82) is 5.26 Å². The largest absolute Gasteiger partial charge is 0.409 e. The molecule has 3 N–H and O–H groups in total. The summed E-state index contributed by atoms with van der Waals surface area (Å²) in [5.74, 6) is 0.0699. The van der Waals surface area contributed by atoms with Gasteiger partial charge in [0.15, 0.2) is 5.84 Å². The average molecular weight is 363 g/mol. The molecule has 0 radical (unpaired) electrons. The molecule has 1 aliphatic heterocycles. The number of hydrogen-bond acceptors (Lipinski definition) is 5. The van der Waals surface area contributed by atoms with E-state index in [1.807, 2.05) is 24.3 Å². The molecular weight excluding hydrogens is 338 g/mol. The minimum Gasteiger partial charge on any atom is -0.409 e. The summed E-state index contributed by atoms with van der Waals surface area (Å²) in [6, 6.07) is 15.8. The predicted molar refractivity (Wildman–Crippen MR) is 106 cm³/mol. The standard InChI is InChI=1S/C21H25N5O/c1-25-9-2-10-26(12-11-25)15-16-3-8-20(19(13-16)14-22)17-4-6-18(7-5-17)21(23)24-27/h3-8,13,27H,2,9-12,15H2,1H3,(H2,23,24). The predicted octanol–water partition coefficient (Wildman–Crippen LogP) is 2.46. The molecule has 1 saturated heterocycles. The normalized spacial score (nSPS) is 16.7. The highest BCUT2D eigenvalue weighted by Gasteiger charge is 2.14. The van der Waals surface area contributed by atoms with E-state index in [0.29, 0.717) is 11.1 Å². The van der Waals surface area contributed by atoms with Crippen molar-refractivity contribution < 1.29 is 5.21 Å². The molecule has 3 rings (SSSR count). The second-order valence-electron chi connectivity index (χ2n) is 6.99. The maximum absolute atomic E-state index is 9.63. The lowest BCUT2D eigenvalue weighted by Gasteiger charge is -2.20. The zero-order chi connectivity index (χ0) is 19.2. The first-order chi connectivity index (χ1) is 13.1. The molecule has 2 aromatic rings. The maximum Gasteiger partial charge on any atom is 0.170 e. The summed E-state index contributed by atoms with van der Waals surface area (Å²) in [7, 11) is 2.16. The van der Waals surface area contributed by atoms with Crippen molar-refractivity contribution in [2.45, 2.75) is 13.0 Å². The summed E-state index contributed by atoms with van der Waals surface area (Å²) in [6.07, 6.45) is 1.17. The van der Waals surface area contributed by atoms with Crippen molar-refractivity contribution >= 4 is 5.84 Å². The van der Waals surface area contributed by atoms with Crippen LogP contribution in [0.3, 0.4) is 0 Å². The van der Waals surface area contributed by atoms with Crippen molar-refractivity contribution in [3.63, 3.8) is 0 Å². The Hall–Kier alpha value is -2.88. The van der Waals surface area contributed by atoms with Gasteiger partial charge in [-0.2, -0.15) is 5.26 Å². The molecule has 0 amide bonds. The van der Waals surface area contributed by atoms with Crippen molar-refractivity contribution in [3.8, 4) is 17.2 Å². The lowest BCUT2D eigenvalue weighted by Crippen LogP contribution is -2.28. The Morgan fingerprint density at radius 1 is 1.15 bits per heavy atom. The second kappa shape index (κ2) is 8.67. The van der Waals surface area contributed by atoms with Gasteiger partial charge in [0.2, 0.25) is 0 Å². The van der Waals surface area contributed by atoms with Crippen LogP contribution in [-0.4, -0.2) is 54.1 Å². The topological polar surface area (TPSA) is 88.9 Å². The van der Waals surface area contributed by atoms with E-state index in [9.17, 15) is 5.26 Å². The number of oxime groups is 1. The summed E-state index contributed by atoms with van der Waals surface area (Å²) in [5.41, 5.74) is 9.90. The fourth-order valence-electron chi connectivity index (χ4n) is 3.43. The van der Waals surface area contributed by atoms with Crippen LogP contribution in [0.15, 0.2) is 47.6 Å². The molecule has 0 unspecified atom stereocenters.